The first kappa shape index (κ1) is 26.5. The molecule has 0 spiro atoms. The quantitative estimate of drug-likeness (QED) is 0.147. The van der Waals surface area contributed by atoms with Gasteiger partial charge in [0.1, 0.15) is 18.2 Å². The Hall–Kier alpha value is -4.61. The number of rotatable bonds is 8. The number of nitriles is 1. The second-order valence-corrected chi connectivity index (χ2v) is 9.05. The summed E-state index contributed by atoms with van der Waals surface area (Å²) in [5, 5.41) is 14.5. The van der Waals surface area contributed by atoms with Crippen molar-refractivity contribution in [3.8, 4) is 17.6 Å². The highest BCUT2D eigenvalue weighted by atomic mass is 79.9. The third kappa shape index (κ3) is 6.20. The van der Waals surface area contributed by atoms with Crippen molar-refractivity contribution in [2.75, 3.05) is 19.5 Å². The van der Waals surface area contributed by atoms with Gasteiger partial charge in [-0.3, -0.25) is 4.79 Å². The van der Waals surface area contributed by atoms with Gasteiger partial charge in [-0.25, -0.2) is 4.79 Å². The van der Waals surface area contributed by atoms with Crippen LogP contribution in [0.3, 0.4) is 0 Å². The number of carbonyl (C=O) groups is 2. The summed E-state index contributed by atoms with van der Waals surface area (Å²) in [6.45, 7) is 0.329. The molecule has 0 aliphatic carbocycles. The molecule has 38 heavy (non-hydrogen) atoms. The Morgan fingerprint density at radius 3 is 2.39 bits per heavy atom. The minimum absolute atomic E-state index is 0.110. The maximum Gasteiger partial charge on any atom is 0.337 e. The van der Waals surface area contributed by atoms with Crippen LogP contribution in [0.2, 0.25) is 0 Å². The summed E-state index contributed by atoms with van der Waals surface area (Å²) in [6, 6.07) is 25.8. The fourth-order valence-electron chi connectivity index (χ4n) is 3.77. The molecule has 0 unspecified atom stereocenters. The van der Waals surface area contributed by atoms with E-state index in [0.717, 1.165) is 16.3 Å². The lowest BCUT2D eigenvalue weighted by atomic mass is 10.1. The number of amides is 1. The highest BCUT2D eigenvalue weighted by molar-refractivity contribution is 9.10. The lowest BCUT2D eigenvalue weighted by Crippen LogP contribution is -2.13. The van der Waals surface area contributed by atoms with Crippen LogP contribution in [0.5, 0.6) is 11.5 Å². The van der Waals surface area contributed by atoms with Crippen LogP contribution >= 0.6 is 15.9 Å². The Morgan fingerprint density at radius 1 is 0.974 bits per heavy atom. The number of benzene rings is 4. The van der Waals surface area contributed by atoms with Gasteiger partial charge in [0.2, 0.25) is 0 Å². The molecule has 0 bridgehead atoms. The van der Waals surface area contributed by atoms with Crippen molar-refractivity contribution < 1.29 is 23.8 Å². The fourth-order valence-corrected chi connectivity index (χ4v) is 4.34. The number of esters is 1. The number of anilines is 1. The number of halogens is 1. The van der Waals surface area contributed by atoms with Crippen LogP contribution < -0.4 is 14.8 Å². The van der Waals surface area contributed by atoms with Gasteiger partial charge in [0, 0.05) is 5.69 Å². The zero-order valence-corrected chi connectivity index (χ0v) is 22.2. The van der Waals surface area contributed by atoms with E-state index in [4.69, 9.17) is 9.47 Å². The average Bonchev–Trinajstić information content (AvgIpc) is 2.94. The minimum Gasteiger partial charge on any atom is -0.493 e. The molecule has 0 aliphatic rings. The third-order valence-electron chi connectivity index (χ3n) is 5.69. The highest BCUT2D eigenvalue weighted by Crippen LogP contribution is 2.38. The van der Waals surface area contributed by atoms with Crippen molar-refractivity contribution in [3.63, 3.8) is 0 Å². The van der Waals surface area contributed by atoms with E-state index in [9.17, 15) is 14.9 Å². The van der Waals surface area contributed by atoms with Gasteiger partial charge in [-0.15, -0.1) is 0 Å². The van der Waals surface area contributed by atoms with Gasteiger partial charge < -0.3 is 19.5 Å². The summed E-state index contributed by atoms with van der Waals surface area (Å²) >= 11 is 3.52. The van der Waals surface area contributed by atoms with Crippen LogP contribution in [-0.4, -0.2) is 26.1 Å². The minimum atomic E-state index is -0.593. The molecule has 0 heterocycles. The zero-order valence-electron chi connectivity index (χ0n) is 20.7. The molecular formula is C30H23BrN2O5. The number of hydrogen-bond donors (Lipinski definition) is 1. The van der Waals surface area contributed by atoms with E-state index >= 15 is 0 Å². The van der Waals surface area contributed by atoms with Crippen LogP contribution in [0.4, 0.5) is 5.69 Å². The molecule has 0 aliphatic heterocycles. The number of methoxy groups -OCH3 is 2. The Labute approximate surface area is 228 Å². The van der Waals surface area contributed by atoms with Crippen LogP contribution in [0, 0.1) is 11.3 Å². The first-order valence-corrected chi connectivity index (χ1v) is 12.3. The molecule has 4 aromatic rings. The molecule has 0 radical (unpaired) electrons. The molecule has 1 N–H and O–H groups in total. The van der Waals surface area contributed by atoms with E-state index in [1.165, 1.54) is 32.4 Å². The second kappa shape index (κ2) is 12.1. The molecule has 0 aromatic heterocycles. The van der Waals surface area contributed by atoms with Crippen LogP contribution in [0.15, 0.2) is 88.9 Å². The van der Waals surface area contributed by atoms with Gasteiger partial charge in [-0.05, 0) is 86.4 Å². The van der Waals surface area contributed by atoms with E-state index in [2.05, 4.69) is 50.2 Å². The highest BCUT2D eigenvalue weighted by Gasteiger charge is 2.15. The van der Waals surface area contributed by atoms with Crippen LogP contribution in [0.25, 0.3) is 16.8 Å². The number of hydrogen-bond acceptors (Lipinski definition) is 6. The maximum atomic E-state index is 12.7. The van der Waals surface area contributed by atoms with Gasteiger partial charge in [-0.1, -0.05) is 36.4 Å². The summed E-state index contributed by atoms with van der Waals surface area (Å²) in [7, 11) is 2.81. The average molecular weight is 571 g/mol. The van der Waals surface area contributed by atoms with Gasteiger partial charge >= 0.3 is 5.97 Å². The number of ether oxygens (including phenoxy) is 3. The van der Waals surface area contributed by atoms with Crippen molar-refractivity contribution in [2.45, 2.75) is 6.61 Å². The van der Waals surface area contributed by atoms with Crippen LogP contribution in [0.1, 0.15) is 21.5 Å². The Morgan fingerprint density at radius 2 is 1.71 bits per heavy atom. The van der Waals surface area contributed by atoms with Gasteiger partial charge in [0.25, 0.3) is 5.91 Å². The summed E-state index contributed by atoms with van der Waals surface area (Å²) in [4.78, 5) is 24.3. The van der Waals surface area contributed by atoms with E-state index < -0.39 is 11.9 Å². The summed E-state index contributed by atoms with van der Waals surface area (Å²) in [5.41, 5.74) is 2.24. The van der Waals surface area contributed by atoms with Crippen molar-refractivity contribution in [1.29, 1.82) is 5.26 Å². The maximum absolute atomic E-state index is 12.7. The zero-order chi connectivity index (χ0) is 27.1. The predicted octanol–water partition coefficient (Wildman–Crippen LogP) is 6.52. The van der Waals surface area contributed by atoms with Crippen LogP contribution in [-0.2, 0) is 16.1 Å². The topological polar surface area (TPSA) is 97.7 Å². The van der Waals surface area contributed by atoms with E-state index in [1.807, 2.05) is 24.3 Å². The molecule has 4 aromatic carbocycles. The fraction of sp³-hybridized carbons (Fsp3) is 0.100. The lowest BCUT2D eigenvalue weighted by Gasteiger charge is -2.14. The monoisotopic (exact) mass is 570 g/mol. The second-order valence-electron chi connectivity index (χ2n) is 8.20. The molecule has 8 heteroatoms. The predicted molar refractivity (Wildman–Crippen MR) is 149 cm³/mol. The normalized spacial score (nSPS) is 10.9. The Balaban J connectivity index is 1.50. The third-order valence-corrected chi connectivity index (χ3v) is 6.28. The first-order chi connectivity index (χ1) is 18.4. The Bertz CT molecular complexity index is 1570. The van der Waals surface area contributed by atoms with Crippen molar-refractivity contribution in [1.82, 2.24) is 0 Å². The summed E-state index contributed by atoms with van der Waals surface area (Å²) < 4.78 is 16.9. The van der Waals surface area contributed by atoms with E-state index in [0.29, 0.717) is 39.4 Å². The standard InChI is InChI=1S/C30H23BrN2O5/c1-36-27-16-20(14-24(17-32)29(34)33-25-11-9-22(10-12-25)30(35)37-2)15-26(31)28(27)38-18-19-7-8-21-5-3-4-6-23(21)13-19/h3-16H,18H2,1-2H3,(H,33,34)/b24-14+. The van der Waals surface area contributed by atoms with Gasteiger partial charge in [0.15, 0.2) is 11.5 Å². The van der Waals surface area contributed by atoms with E-state index in [-0.39, 0.29) is 5.57 Å². The van der Waals surface area contributed by atoms with E-state index in [1.54, 1.807) is 24.3 Å². The molecule has 7 nitrogen and oxygen atoms in total. The lowest BCUT2D eigenvalue weighted by molar-refractivity contribution is -0.112. The molecular weight excluding hydrogens is 548 g/mol. The molecule has 0 saturated carbocycles. The molecule has 0 atom stereocenters. The molecule has 0 saturated heterocycles. The Kier molecular flexibility index (Phi) is 8.41. The summed E-state index contributed by atoms with van der Waals surface area (Å²) in [5.74, 6) is -0.122. The molecule has 190 valence electrons. The smallest absolute Gasteiger partial charge is 0.337 e. The number of fused-ring (bicyclic) bond motifs is 1. The van der Waals surface area contributed by atoms with Gasteiger partial charge in [-0.2, -0.15) is 5.26 Å². The molecule has 0 fully saturated rings. The summed E-state index contributed by atoms with van der Waals surface area (Å²) in [6.07, 6.45) is 1.46. The van der Waals surface area contributed by atoms with Gasteiger partial charge in [0.05, 0.1) is 24.3 Å². The largest absolute Gasteiger partial charge is 0.493 e. The molecule has 1 amide bonds. The number of nitrogens with zero attached hydrogens (tertiary/aromatic N) is 1. The SMILES string of the molecule is COC(=O)c1ccc(NC(=O)/C(C#N)=C/c2cc(Br)c(OCc3ccc4ccccc4c3)c(OC)c2)cc1. The first-order valence-electron chi connectivity index (χ1n) is 11.5. The van der Waals surface area contributed by atoms with Crippen molar-refractivity contribution in [2.24, 2.45) is 0 Å². The van der Waals surface area contributed by atoms with Crippen molar-refractivity contribution >= 4 is 50.3 Å². The van der Waals surface area contributed by atoms with Crippen molar-refractivity contribution in [3.05, 3.63) is 106 Å². The number of carbonyl (C=O) groups excluding carboxylic acids is 2. The number of nitrogens with one attached hydrogen (secondary N) is 1. The molecule has 4 rings (SSSR count).